The normalized spacial score (nSPS) is 12.5. The van der Waals surface area contributed by atoms with Crippen molar-refractivity contribution < 1.29 is 22.5 Å². The summed E-state index contributed by atoms with van der Waals surface area (Å²) in [7, 11) is 0. The zero-order valence-electron chi connectivity index (χ0n) is 17.6. The van der Waals surface area contributed by atoms with Gasteiger partial charge in [-0.25, -0.2) is 4.79 Å². The molecule has 6 nitrogen and oxygen atoms in total. The SMILES string of the molecule is Cc1c(N=[N+]=[N-])cc(CNC(=O)OCC2c3ccccc3-c3ccccc32)cc1[B-](F)(F)F. The zero-order valence-corrected chi connectivity index (χ0v) is 17.6. The third kappa shape index (κ3) is 4.51. The molecule has 1 aliphatic rings. The number of nitrogens with zero attached hydrogens (tertiary/aromatic N) is 3. The average molecular weight is 451 g/mol. The molecule has 33 heavy (non-hydrogen) atoms. The fourth-order valence-electron chi connectivity index (χ4n) is 4.20. The number of fused-ring (bicyclic) bond motifs is 3. The third-order valence-electron chi connectivity index (χ3n) is 5.77. The Kier molecular flexibility index (Phi) is 6.02. The monoisotopic (exact) mass is 451 g/mol. The molecule has 168 valence electrons. The zero-order chi connectivity index (χ0) is 23.6. The van der Waals surface area contributed by atoms with Gasteiger partial charge in [-0.3, -0.25) is 0 Å². The van der Waals surface area contributed by atoms with Crippen LogP contribution in [-0.4, -0.2) is 19.7 Å². The molecule has 3 aromatic rings. The highest BCUT2D eigenvalue weighted by atomic mass is 19.4. The summed E-state index contributed by atoms with van der Waals surface area (Å²) in [6.07, 6.45) is -0.748. The number of carbonyl (C=O) groups is 1. The Labute approximate surface area is 188 Å². The predicted octanol–water partition coefficient (Wildman–Crippen LogP) is 6.03. The third-order valence-corrected chi connectivity index (χ3v) is 5.77. The highest BCUT2D eigenvalue weighted by Crippen LogP contribution is 2.44. The van der Waals surface area contributed by atoms with Gasteiger partial charge in [0.25, 0.3) is 0 Å². The van der Waals surface area contributed by atoms with Gasteiger partial charge in [-0.2, -0.15) is 0 Å². The Morgan fingerprint density at radius 2 is 1.70 bits per heavy atom. The quantitative estimate of drug-likeness (QED) is 0.215. The molecule has 0 aliphatic heterocycles. The number of rotatable bonds is 6. The number of carbonyl (C=O) groups excluding carboxylic acids is 1. The summed E-state index contributed by atoms with van der Waals surface area (Å²) in [6, 6.07) is 18.1. The summed E-state index contributed by atoms with van der Waals surface area (Å²) in [6.45, 7) is -4.18. The number of azide groups is 1. The van der Waals surface area contributed by atoms with Crippen LogP contribution in [0.3, 0.4) is 0 Å². The van der Waals surface area contributed by atoms with Crippen molar-refractivity contribution in [2.24, 2.45) is 5.11 Å². The molecule has 0 unspecified atom stereocenters. The fourth-order valence-corrected chi connectivity index (χ4v) is 4.20. The minimum atomic E-state index is -5.31. The molecule has 0 atom stereocenters. The van der Waals surface area contributed by atoms with Gasteiger partial charge in [-0.1, -0.05) is 65.3 Å². The second-order valence-corrected chi connectivity index (χ2v) is 7.77. The van der Waals surface area contributed by atoms with Crippen LogP contribution in [0.15, 0.2) is 65.8 Å². The van der Waals surface area contributed by atoms with Crippen molar-refractivity contribution in [3.63, 3.8) is 0 Å². The van der Waals surface area contributed by atoms with Crippen molar-refractivity contribution in [3.8, 4) is 11.1 Å². The van der Waals surface area contributed by atoms with E-state index in [0.717, 1.165) is 28.3 Å². The van der Waals surface area contributed by atoms with Crippen molar-refractivity contribution in [1.29, 1.82) is 0 Å². The maximum atomic E-state index is 13.4. The maximum absolute atomic E-state index is 13.4. The van der Waals surface area contributed by atoms with Gasteiger partial charge in [0.2, 0.25) is 0 Å². The lowest BCUT2D eigenvalue weighted by molar-refractivity contribution is 0.142. The largest absolute Gasteiger partial charge is 0.509 e. The molecule has 0 bridgehead atoms. The van der Waals surface area contributed by atoms with Gasteiger partial charge in [0.1, 0.15) is 6.61 Å². The first kappa shape index (κ1) is 22.3. The number of alkyl carbamates (subject to hydrolysis) is 1. The predicted molar refractivity (Wildman–Crippen MR) is 121 cm³/mol. The van der Waals surface area contributed by atoms with Crippen LogP contribution in [0.4, 0.5) is 23.4 Å². The second-order valence-electron chi connectivity index (χ2n) is 7.77. The standard InChI is InChI=1S/C23H19BF3N4O2/c1-14-21(24(25,26)27)10-15(11-22(14)30-31-28)12-29-23(32)33-13-20-18-8-4-2-6-16(18)17-7-3-5-9-19(17)20/h2-11,20H,12-13H2,1H3,(H,29,32)/q-1. The van der Waals surface area contributed by atoms with Gasteiger partial charge in [-0.15, -0.1) is 5.46 Å². The first-order valence-electron chi connectivity index (χ1n) is 10.3. The molecule has 1 amide bonds. The summed E-state index contributed by atoms with van der Waals surface area (Å²) in [5.41, 5.74) is 12.0. The maximum Gasteiger partial charge on any atom is 0.509 e. The Hall–Kier alpha value is -3.91. The molecule has 10 heteroatoms. The first-order valence-corrected chi connectivity index (χ1v) is 10.3. The van der Waals surface area contributed by atoms with Crippen molar-refractivity contribution in [2.75, 3.05) is 6.61 Å². The van der Waals surface area contributed by atoms with E-state index in [2.05, 4.69) is 15.3 Å². The molecular formula is C23H19BF3N4O2-. The van der Waals surface area contributed by atoms with E-state index in [1.807, 2.05) is 48.5 Å². The van der Waals surface area contributed by atoms with Gasteiger partial charge in [-0.05, 0) is 46.3 Å². The number of hydrogen-bond donors (Lipinski definition) is 1. The molecule has 0 aromatic heterocycles. The highest BCUT2D eigenvalue weighted by molar-refractivity contribution is 6.74. The van der Waals surface area contributed by atoms with Crippen LogP contribution >= 0.6 is 0 Å². The summed E-state index contributed by atoms with van der Waals surface area (Å²) < 4.78 is 45.6. The van der Waals surface area contributed by atoms with Crippen LogP contribution in [0.1, 0.15) is 28.2 Å². The van der Waals surface area contributed by atoms with Crippen molar-refractivity contribution in [2.45, 2.75) is 19.4 Å². The molecule has 1 aliphatic carbocycles. The molecular weight excluding hydrogens is 432 g/mol. The average Bonchev–Trinajstić information content (AvgIpc) is 3.11. The molecule has 0 saturated heterocycles. The molecule has 3 aromatic carbocycles. The van der Waals surface area contributed by atoms with E-state index in [-0.39, 0.29) is 35.9 Å². The summed E-state index contributed by atoms with van der Waals surface area (Å²) in [5, 5.41) is 5.83. The molecule has 0 spiro atoms. The lowest BCUT2D eigenvalue weighted by atomic mass is 9.76. The summed E-state index contributed by atoms with van der Waals surface area (Å²) in [4.78, 5) is 14.9. The van der Waals surface area contributed by atoms with E-state index >= 15 is 0 Å². The minimum absolute atomic E-state index is 0.0919. The molecule has 0 radical (unpaired) electrons. The van der Waals surface area contributed by atoms with Crippen LogP contribution < -0.4 is 10.8 Å². The van der Waals surface area contributed by atoms with E-state index < -0.39 is 18.5 Å². The Balaban J connectivity index is 1.46. The molecule has 0 fully saturated rings. The lowest BCUT2D eigenvalue weighted by Crippen LogP contribution is -2.37. The van der Waals surface area contributed by atoms with E-state index in [4.69, 9.17) is 10.3 Å². The van der Waals surface area contributed by atoms with Crippen molar-refractivity contribution >= 4 is 24.2 Å². The topological polar surface area (TPSA) is 87.1 Å². The summed E-state index contributed by atoms with van der Waals surface area (Å²) >= 11 is 0. The van der Waals surface area contributed by atoms with E-state index in [9.17, 15) is 17.7 Å². The first-order chi connectivity index (χ1) is 15.8. The molecule has 0 saturated carbocycles. The summed E-state index contributed by atoms with van der Waals surface area (Å²) in [5.74, 6) is -0.126. The minimum Gasteiger partial charge on any atom is -0.449 e. The number of hydrogen-bond acceptors (Lipinski definition) is 3. The number of ether oxygens (including phenoxy) is 1. The van der Waals surface area contributed by atoms with E-state index in [0.29, 0.717) is 0 Å². The van der Waals surface area contributed by atoms with Crippen molar-refractivity contribution in [3.05, 3.63) is 93.4 Å². The van der Waals surface area contributed by atoms with Gasteiger partial charge in [0.05, 0.1) is 0 Å². The number of benzene rings is 3. The number of amides is 1. The van der Waals surface area contributed by atoms with Gasteiger partial charge in [0, 0.05) is 23.1 Å². The Morgan fingerprint density at radius 1 is 1.09 bits per heavy atom. The Bertz CT molecular complexity index is 1230. The van der Waals surface area contributed by atoms with E-state index in [1.165, 1.54) is 13.0 Å². The molecule has 4 rings (SSSR count). The number of halogens is 3. The highest BCUT2D eigenvalue weighted by Gasteiger charge is 2.30. The van der Waals surface area contributed by atoms with Gasteiger partial charge < -0.3 is 23.0 Å². The van der Waals surface area contributed by atoms with Gasteiger partial charge >= 0.3 is 13.1 Å². The van der Waals surface area contributed by atoms with E-state index in [1.54, 1.807) is 0 Å². The van der Waals surface area contributed by atoms with Crippen molar-refractivity contribution in [1.82, 2.24) is 5.32 Å². The van der Waals surface area contributed by atoms with Gasteiger partial charge in [0.15, 0.2) is 0 Å². The van der Waals surface area contributed by atoms with Crippen LogP contribution in [0, 0.1) is 6.92 Å². The fraction of sp³-hybridized carbons (Fsp3) is 0.174. The smallest absolute Gasteiger partial charge is 0.449 e. The van der Waals surface area contributed by atoms with Crippen LogP contribution in [-0.2, 0) is 11.3 Å². The molecule has 1 N–H and O–H groups in total. The number of nitrogens with one attached hydrogen (secondary N) is 1. The molecule has 0 heterocycles. The van der Waals surface area contributed by atoms with Crippen LogP contribution in [0.25, 0.3) is 21.6 Å². The Morgan fingerprint density at radius 3 is 2.27 bits per heavy atom. The second kappa shape index (κ2) is 8.92. The van der Waals surface area contributed by atoms with Crippen LogP contribution in [0.2, 0.25) is 0 Å². The lowest BCUT2D eigenvalue weighted by Gasteiger charge is -2.21. The van der Waals surface area contributed by atoms with Crippen LogP contribution in [0.5, 0.6) is 0 Å².